The quantitative estimate of drug-likeness (QED) is 0.836. The Labute approximate surface area is 160 Å². The summed E-state index contributed by atoms with van der Waals surface area (Å²) < 4.78 is 5.69. The van der Waals surface area contributed by atoms with Crippen LogP contribution in [0.15, 0.2) is 42.5 Å². The first-order chi connectivity index (χ1) is 12.9. The monoisotopic (exact) mass is 366 g/mol. The van der Waals surface area contributed by atoms with Crippen LogP contribution in [0.3, 0.4) is 0 Å². The number of carbonyl (C=O) groups excluding carboxylic acids is 2. The zero-order chi connectivity index (χ0) is 19.4. The van der Waals surface area contributed by atoms with Gasteiger partial charge in [0.05, 0.1) is 0 Å². The van der Waals surface area contributed by atoms with E-state index in [1.165, 1.54) is 5.56 Å². The van der Waals surface area contributed by atoms with Crippen LogP contribution in [-0.2, 0) is 4.79 Å². The number of rotatable bonds is 4. The predicted molar refractivity (Wildman–Crippen MR) is 105 cm³/mol. The molecule has 2 aromatic carbocycles. The number of ether oxygens (including phenoxy) is 1. The van der Waals surface area contributed by atoms with E-state index in [0.29, 0.717) is 31.7 Å². The van der Waals surface area contributed by atoms with Gasteiger partial charge in [-0.25, -0.2) is 0 Å². The molecule has 0 bridgehead atoms. The molecule has 27 heavy (non-hydrogen) atoms. The average Bonchev–Trinajstić information content (AvgIpc) is 2.66. The molecule has 1 heterocycles. The Morgan fingerprint density at radius 2 is 1.56 bits per heavy atom. The van der Waals surface area contributed by atoms with E-state index in [-0.39, 0.29) is 18.4 Å². The normalized spacial score (nSPS) is 14.2. The molecule has 5 heteroatoms. The maximum atomic E-state index is 12.6. The molecular weight excluding hydrogens is 340 g/mol. The zero-order valence-electron chi connectivity index (χ0n) is 16.2. The van der Waals surface area contributed by atoms with Gasteiger partial charge in [0.2, 0.25) is 0 Å². The Morgan fingerprint density at radius 1 is 0.889 bits per heavy atom. The highest BCUT2D eigenvalue weighted by Crippen LogP contribution is 2.19. The number of amides is 2. The van der Waals surface area contributed by atoms with Gasteiger partial charge in [0.25, 0.3) is 11.8 Å². The fourth-order valence-corrected chi connectivity index (χ4v) is 3.31. The maximum Gasteiger partial charge on any atom is 0.260 e. The summed E-state index contributed by atoms with van der Waals surface area (Å²) in [5, 5.41) is 0. The van der Waals surface area contributed by atoms with Gasteiger partial charge in [-0.1, -0.05) is 35.4 Å². The van der Waals surface area contributed by atoms with Crippen LogP contribution in [0.5, 0.6) is 5.75 Å². The fourth-order valence-electron chi connectivity index (χ4n) is 3.31. The van der Waals surface area contributed by atoms with Crippen LogP contribution >= 0.6 is 0 Å². The van der Waals surface area contributed by atoms with Crippen molar-refractivity contribution >= 4 is 11.8 Å². The van der Waals surface area contributed by atoms with Crippen molar-refractivity contribution in [3.05, 3.63) is 64.7 Å². The lowest BCUT2D eigenvalue weighted by Gasteiger charge is -2.34. The van der Waals surface area contributed by atoms with Crippen molar-refractivity contribution in [2.75, 3.05) is 32.8 Å². The first-order valence-corrected chi connectivity index (χ1v) is 9.28. The lowest BCUT2D eigenvalue weighted by molar-refractivity contribution is -0.134. The van der Waals surface area contributed by atoms with E-state index in [0.717, 1.165) is 16.9 Å². The summed E-state index contributed by atoms with van der Waals surface area (Å²) in [6.45, 7) is 8.16. The van der Waals surface area contributed by atoms with Gasteiger partial charge in [0.1, 0.15) is 5.75 Å². The molecule has 0 N–H and O–H groups in total. The Morgan fingerprint density at radius 3 is 2.22 bits per heavy atom. The van der Waals surface area contributed by atoms with Crippen LogP contribution in [0, 0.1) is 20.8 Å². The molecule has 1 saturated heterocycles. The van der Waals surface area contributed by atoms with Gasteiger partial charge in [-0.15, -0.1) is 0 Å². The van der Waals surface area contributed by atoms with Gasteiger partial charge in [-0.05, 0) is 44.5 Å². The van der Waals surface area contributed by atoms with Crippen molar-refractivity contribution in [2.45, 2.75) is 20.8 Å². The van der Waals surface area contributed by atoms with E-state index in [9.17, 15) is 9.59 Å². The highest BCUT2D eigenvalue weighted by Gasteiger charge is 2.25. The van der Waals surface area contributed by atoms with E-state index in [1.807, 2.05) is 68.1 Å². The molecule has 1 aliphatic rings. The van der Waals surface area contributed by atoms with E-state index >= 15 is 0 Å². The van der Waals surface area contributed by atoms with E-state index in [2.05, 4.69) is 0 Å². The molecule has 0 aliphatic carbocycles. The zero-order valence-corrected chi connectivity index (χ0v) is 16.2. The fraction of sp³-hybridized carbons (Fsp3) is 0.364. The van der Waals surface area contributed by atoms with Crippen molar-refractivity contribution in [2.24, 2.45) is 0 Å². The van der Waals surface area contributed by atoms with Gasteiger partial charge in [-0.3, -0.25) is 9.59 Å². The minimum atomic E-state index is -0.0439. The summed E-state index contributed by atoms with van der Waals surface area (Å²) in [5.41, 5.74) is 3.96. The van der Waals surface area contributed by atoms with Crippen molar-refractivity contribution < 1.29 is 14.3 Å². The average molecular weight is 366 g/mol. The molecule has 0 unspecified atom stereocenters. The summed E-state index contributed by atoms with van der Waals surface area (Å²) in [6, 6.07) is 13.5. The second kappa shape index (κ2) is 8.25. The van der Waals surface area contributed by atoms with Crippen molar-refractivity contribution in [1.29, 1.82) is 0 Å². The first kappa shape index (κ1) is 19.0. The molecule has 142 valence electrons. The molecular formula is C22H26N2O3. The largest absolute Gasteiger partial charge is 0.484 e. The van der Waals surface area contributed by atoms with Crippen LogP contribution in [0.2, 0.25) is 0 Å². The number of aryl methyl sites for hydroxylation is 3. The predicted octanol–water partition coefficient (Wildman–Crippen LogP) is 2.98. The standard InChI is InChI=1S/C22H26N2O3/c1-16-5-4-6-19(14-16)22(26)24-11-9-23(10-12-24)21(25)15-27-20-8-7-17(2)13-18(20)3/h4-8,13-14H,9-12,15H2,1-3H3. The second-order valence-corrected chi connectivity index (χ2v) is 7.10. The second-order valence-electron chi connectivity index (χ2n) is 7.10. The minimum absolute atomic E-state index is 0.0235. The van der Waals surface area contributed by atoms with Crippen molar-refractivity contribution in [1.82, 2.24) is 9.80 Å². The molecule has 0 aromatic heterocycles. The number of nitrogens with zero attached hydrogens (tertiary/aromatic N) is 2. The molecule has 1 aliphatic heterocycles. The Bertz CT molecular complexity index is 839. The molecule has 2 aromatic rings. The molecule has 0 atom stereocenters. The lowest BCUT2D eigenvalue weighted by atomic mass is 10.1. The molecule has 1 fully saturated rings. The number of benzene rings is 2. The lowest BCUT2D eigenvalue weighted by Crippen LogP contribution is -2.51. The highest BCUT2D eigenvalue weighted by molar-refractivity contribution is 5.94. The maximum absolute atomic E-state index is 12.6. The van der Waals surface area contributed by atoms with E-state index in [4.69, 9.17) is 4.74 Å². The molecule has 0 saturated carbocycles. The Balaban J connectivity index is 1.51. The van der Waals surface area contributed by atoms with Gasteiger partial charge < -0.3 is 14.5 Å². The number of hydrogen-bond donors (Lipinski definition) is 0. The molecule has 0 spiro atoms. The molecule has 3 rings (SSSR count). The van der Waals surface area contributed by atoms with E-state index < -0.39 is 0 Å². The Hall–Kier alpha value is -2.82. The van der Waals surface area contributed by atoms with E-state index in [1.54, 1.807) is 4.90 Å². The highest BCUT2D eigenvalue weighted by atomic mass is 16.5. The smallest absolute Gasteiger partial charge is 0.260 e. The molecule has 2 amide bonds. The number of hydrogen-bond acceptors (Lipinski definition) is 3. The van der Waals surface area contributed by atoms with Gasteiger partial charge in [0.15, 0.2) is 6.61 Å². The number of piperazine rings is 1. The van der Waals surface area contributed by atoms with Crippen LogP contribution in [0.4, 0.5) is 0 Å². The van der Waals surface area contributed by atoms with Crippen LogP contribution < -0.4 is 4.74 Å². The van der Waals surface area contributed by atoms with Crippen LogP contribution in [0.25, 0.3) is 0 Å². The SMILES string of the molecule is Cc1cccc(C(=O)N2CCN(C(=O)COc3ccc(C)cc3C)CC2)c1. The van der Waals surface area contributed by atoms with Gasteiger partial charge in [-0.2, -0.15) is 0 Å². The summed E-state index contributed by atoms with van der Waals surface area (Å²) in [4.78, 5) is 28.6. The summed E-state index contributed by atoms with van der Waals surface area (Å²) >= 11 is 0. The van der Waals surface area contributed by atoms with Crippen molar-refractivity contribution in [3.8, 4) is 5.75 Å². The van der Waals surface area contributed by atoms with Crippen LogP contribution in [0.1, 0.15) is 27.0 Å². The summed E-state index contributed by atoms with van der Waals surface area (Å²) in [7, 11) is 0. The van der Waals surface area contributed by atoms with Gasteiger partial charge >= 0.3 is 0 Å². The third-order valence-electron chi connectivity index (χ3n) is 4.87. The third-order valence-corrected chi connectivity index (χ3v) is 4.87. The molecule has 5 nitrogen and oxygen atoms in total. The molecule has 0 radical (unpaired) electrons. The summed E-state index contributed by atoms with van der Waals surface area (Å²) in [6.07, 6.45) is 0. The third kappa shape index (κ3) is 4.67. The Kier molecular flexibility index (Phi) is 5.79. The van der Waals surface area contributed by atoms with Gasteiger partial charge in [0, 0.05) is 31.7 Å². The minimum Gasteiger partial charge on any atom is -0.484 e. The van der Waals surface area contributed by atoms with Crippen molar-refractivity contribution in [3.63, 3.8) is 0 Å². The van der Waals surface area contributed by atoms with Crippen LogP contribution in [-0.4, -0.2) is 54.4 Å². The number of carbonyl (C=O) groups is 2. The summed E-state index contributed by atoms with van der Waals surface area (Å²) in [5.74, 6) is 0.720. The first-order valence-electron chi connectivity index (χ1n) is 9.28. The topological polar surface area (TPSA) is 49.9 Å².